The third-order valence-corrected chi connectivity index (χ3v) is 3.08. The Hall–Kier alpha value is -2.10. The predicted molar refractivity (Wildman–Crippen MR) is 72.0 cm³/mol. The zero-order chi connectivity index (χ0) is 13.8. The standard InChI is InChI=1S/C15H17NO3/c1-3-11-4-6-12(7-5-11)15-16-13(10(2)19-15)8-9-14(17)18/h4-7H,3,8-9H2,1-2H3,(H,17,18). The Kier molecular flexibility index (Phi) is 4.00. The number of carboxylic acids is 1. The second-order valence-electron chi connectivity index (χ2n) is 4.47. The Bertz CT molecular complexity index is 570. The van der Waals surface area contributed by atoms with Gasteiger partial charge >= 0.3 is 5.97 Å². The first-order valence-corrected chi connectivity index (χ1v) is 6.37. The lowest BCUT2D eigenvalue weighted by Gasteiger charge is -1.98. The van der Waals surface area contributed by atoms with Crippen molar-refractivity contribution in [3.63, 3.8) is 0 Å². The molecule has 0 saturated heterocycles. The van der Waals surface area contributed by atoms with Crippen molar-refractivity contribution < 1.29 is 14.3 Å². The fraction of sp³-hybridized carbons (Fsp3) is 0.333. The maximum absolute atomic E-state index is 10.6. The number of aromatic nitrogens is 1. The molecule has 0 amide bonds. The van der Waals surface area contributed by atoms with E-state index >= 15 is 0 Å². The van der Waals surface area contributed by atoms with E-state index in [9.17, 15) is 4.79 Å². The molecular formula is C15H17NO3. The van der Waals surface area contributed by atoms with Crippen LogP contribution < -0.4 is 0 Å². The summed E-state index contributed by atoms with van der Waals surface area (Å²) >= 11 is 0. The summed E-state index contributed by atoms with van der Waals surface area (Å²) in [7, 11) is 0. The van der Waals surface area contributed by atoms with Crippen LogP contribution in [0.3, 0.4) is 0 Å². The number of oxazole rings is 1. The summed E-state index contributed by atoms with van der Waals surface area (Å²) in [6.07, 6.45) is 1.47. The number of aliphatic carboxylic acids is 1. The lowest BCUT2D eigenvalue weighted by Crippen LogP contribution is -1.98. The third kappa shape index (κ3) is 3.22. The van der Waals surface area contributed by atoms with E-state index in [1.807, 2.05) is 31.2 Å². The van der Waals surface area contributed by atoms with E-state index in [0.29, 0.717) is 18.1 Å². The Morgan fingerprint density at radius 3 is 2.58 bits per heavy atom. The minimum Gasteiger partial charge on any atom is -0.481 e. The topological polar surface area (TPSA) is 63.3 Å². The summed E-state index contributed by atoms with van der Waals surface area (Å²) in [6, 6.07) is 8.05. The largest absolute Gasteiger partial charge is 0.481 e. The van der Waals surface area contributed by atoms with E-state index in [0.717, 1.165) is 17.7 Å². The summed E-state index contributed by atoms with van der Waals surface area (Å²) in [5.74, 6) is 0.424. The maximum atomic E-state index is 10.6. The first-order valence-electron chi connectivity index (χ1n) is 6.37. The highest BCUT2D eigenvalue weighted by molar-refractivity contribution is 5.67. The molecule has 1 N–H and O–H groups in total. The molecule has 4 nitrogen and oxygen atoms in total. The first-order chi connectivity index (χ1) is 9.10. The summed E-state index contributed by atoms with van der Waals surface area (Å²) < 4.78 is 5.60. The molecule has 1 aromatic carbocycles. The van der Waals surface area contributed by atoms with Crippen molar-refractivity contribution in [2.75, 3.05) is 0 Å². The highest BCUT2D eigenvalue weighted by Gasteiger charge is 2.12. The molecule has 0 unspecified atom stereocenters. The van der Waals surface area contributed by atoms with Crippen LogP contribution in [0.5, 0.6) is 0 Å². The monoisotopic (exact) mass is 259 g/mol. The number of rotatable bonds is 5. The molecule has 1 aromatic heterocycles. The van der Waals surface area contributed by atoms with Gasteiger partial charge in [-0.3, -0.25) is 4.79 Å². The minimum absolute atomic E-state index is 0.0710. The van der Waals surface area contributed by atoms with Crippen LogP contribution in [0, 0.1) is 6.92 Å². The fourth-order valence-corrected chi connectivity index (χ4v) is 1.89. The van der Waals surface area contributed by atoms with Gasteiger partial charge in [0.25, 0.3) is 0 Å². The van der Waals surface area contributed by atoms with Gasteiger partial charge in [-0.25, -0.2) is 4.98 Å². The minimum atomic E-state index is -0.823. The molecule has 4 heteroatoms. The Morgan fingerprint density at radius 2 is 2.00 bits per heavy atom. The second-order valence-corrected chi connectivity index (χ2v) is 4.47. The molecule has 2 rings (SSSR count). The van der Waals surface area contributed by atoms with Crippen LogP contribution in [0.25, 0.3) is 11.5 Å². The van der Waals surface area contributed by atoms with Crippen molar-refractivity contribution in [2.24, 2.45) is 0 Å². The van der Waals surface area contributed by atoms with Crippen molar-refractivity contribution in [1.82, 2.24) is 4.98 Å². The van der Waals surface area contributed by atoms with Crippen LogP contribution >= 0.6 is 0 Å². The van der Waals surface area contributed by atoms with Gasteiger partial charge in [0.15, 0.2) is 0 Å². The smallest absolute Gasteiger partial charge is 0.303 e. The summed E-state index contributed by atoms with van der Waals surface area (Å²) in [6.45, 7) is 3.92. The van der Waals surface area contributed by atoms with Crippen LogP contribution in [-0.4, -0.2) is 16.1 Å². The first kappa shape index (κ1) is 13.3. The van der Waals surface area contributed by atoms with Crippen LogP contribution in [0.2, 0.25) is 0 Å². The van der Waals surface area contributed by atoms with Gasteiger partial charge in [0.2, 0.25) is 5.89 Å². The van der Waals surface area contributed by atoms with Crippen molar-refractivity contribution in [3.05, 3.63) is 41.3 Å². The molecule has 0 aliphatic heterocycles. The predicted octanol–water partition coefficient (Wildman–Crippen LogP) is 3.23. The number of benzene rings is 1. The summed E-state index contributed by atoms with van der Waals surface area (Å²) in [5, 5.41) is 8.69. The molecule has 0 bridgehead atoms. The molecular weight excluding hydrogens is 242 g/mol. The summed E-state index contributed by atoms with van der Waals surface area (Å²) in [5.41, 5.74) is 2.90. The average Bonchev–Trinajstić information content (AvgIpc) is 2.78. The molecule has 0 aliphatic carbocycles. The van der Waals surface area contributed by atoms with Crippen molar-refractivity contribution in [2.45, 2.75) is 33.1 Å². The molecule has 0 aliphatic rings. The average molecular weight is 259 g/mol. The van der Waals surface area contributed by atoms with E-state index in [1.165, 1.54) is 5.56 Å². The number of hydrogen-bond acceptors (Lipinski definition) is 3. The maximum Gasteiger partial charge on any atom is 0.303 e. The normalized spacial score (nSPS) is 10.6. The van der Waals surface area contributed by atoms with E-state index in [4.69, 9.17) is 9.52 Å². The molecule has 1 heterocycles. The summed E-state index contributed by atoms with van der Waals surface area (Å²) in [4.78, 5) is 15.0. The van der Waals surface area contributed by atoms with Gasteiger partial charge in [0.05, 0.1) is 12.1 Å². The molecule has 0 radical (unpaired) electrons. The zero-order valence-corrected chi connectivity index (χ0v) is 11.1. The molecule has 19 heavy (non-hydrogen) atoms. The fourth-order valence-electron chi connectivity index (χ4n) is 1.89. The Morgan fingerprint density at radius 1 is 1.32 bits per heavy atom. The SMILES string of the molecule is CCc1ccc(-c2nc(CCC(=O)O)c(C)o2)cc1. The van der Waals surface area contributed by atoms with Gasteiger partial charge in [-0.15, -0.1) is 0 Å². The highest BCUT2D eigenvalue weighted by Crippen LogP contribution is 2.23. The van der Waals surface area contributed by atoms with Gasteiger partial charge in [0, 0.05) is 12.0 Å². The van der Waals surface area contributed by atoms with E-state index in [-0.39, 0.29) is 6.42 Å². The van der Waals surface area contributed by atoms with Gasteiger partial charge in [-0.1, -0.05) is 19.1 Å². The highest BCUT2D eigenvalue weighted by atomic mass is 16.4. The Labute approximate surface area is 112 Å². The van der Waals surface area contributed by atoms with Crippen LogP contribution in [-0.2, 0) is 17.6 Å². The van der Waals surface area contributed by atoms with Gasteiger partial charge < -0.3 is 9.52 Å². The number of carboxylic acid groups (broad SMARTS) is 1. The van der Waals surface area contributed by atoms with Crippen LogP contribution in [0.4, 0.5) is 0 Å². The second kappa shape index (κ2) is 5.69. The number of hydrogen-bond donors (Lipinski definition) is 1. The lowest BCUT2D eigenvalue weighted by molar-refractivity contribution is -0.136. The molecule has 0 spiro atoms. The number of carbonyl (C=O) groups is 1. The van der Waals surface area contributed by atoms with Crippen molar-refractivity contribution in [3.8, 4) is 11.5 Å². The molecule has 100 valence electrons. The van der Waals surface area contributed by atoms with Crippen LogP contribution in [0.1, 0.15) is 30.4 Å². The van der Waals surface area contributed by atoms with Crippen molar-refractivity contribution in [1.29, 1.82) is 0 Å². The number of aryl methyl sites for hydroxylation is 3. The molecule has 0 atom stereocenters. The van der Waals surface area contributed by atoms with Gasteiger partial charge in [-0.05, 0) is 31.0 Å². The third-order valence-electron chi connectivity index (χ3n) is 3.08. The van der Waals surface area contributed by atoms with E-state index in [1.54, 1.807) is 0 Å². The van der Waals surface area contributed by atoms with Crippen molar-refractivity contribution >= 4 is 5.97 Å². The van der Waals surface area contributed by atoms with E-state index in [2.05, 4.69) is 11.9 Å². The van der Waals surface area contributed by atoms with Gasteiger partial charge in [-0.2, -0.15) is 0 Å². The zero-order valence-electron chi connectivity index (χ0n) is 11.1. The number of nitrogens with zero attached hydrogens (tertiary/aromatic N) is 1. The molecule has 2 aromatic rings. The van der Waals surface area contributed by atoms with E-state index < -0.39 is 5.97 Å². The van der Waals surface area contributed by atoms with Crippen LogP contribution in [0.15, 0.2) is 28.7 Å². The quantitative estimate of drug-likeness (QED) is 0.895. The van der Waals surface area contributed by atoms with Gasteiger partial charge in [0.1, 0.15) is 5.76 Å². The molecule has 0 saturated carbocycles. The lowest BCUT2D eigenvalue weighted by atomic mass is 10.1. The Balaban J connectivity index is 2.20. The molecule has 0 fully saturated rings.